The fraction of sp³-hybridized carbons (Fsp3) is 0.333. The van der Waals surface area contributed by atoms with Gasteiger partial charge >= 0.3 is 0 Å². The second-order valence-electron chi connectivity index (χ2n) is 8.61. The van der Waals surface area contributed by atoms with Crippen LogP contribution in [0, 0.1) is 13.8 Å². The number of aryl methyl sites for hydroxylation is 1. The Kier molecular flexibility index (Phi) is 5.99. The summed E-state index contributed by atoms with van der Waals surface area (Å²) in [6.45, 7) is 6.83. The van der Waals surface area contributed by atoms with Gasteiger partial charge in [0.15, 0.2) is 5.65 Å². The van der Waals surface area contributed by atoms with Gasteiger partial charge in [-0.2, -0.15) is 4.31 Å². The Morgan fingerprint density at radius 2 is 2.00 bits per heavy atom. The zero-order chi connectivity index (χ0) is 24.0. The molecule has 1 fully saturated rings. The highest BCUT2D eigenvalue weighted by molar-refractivity contribution is 9.10. The summed E-state index contributed by atoms with van der Waals surface area (Å²) in [4.78, 5) is 12.8. The summed E-state index contributed by atoms with van der Waals surface area (Å²) < 4.78 is 29.1. The minimum Gasteiger partial charge on any atom is -0.378 e. The van der Waals surface area contributed by atoms with E-state index >= 15 is 0 Å². The molecule has 0 amide bonds. The number of nitrogens with zero attached hydrogens (tertiary/aromatic N) is 4. The van der Waals surface area contributed by atoms with E-state index in [1.54, 1.807) is 17.4 Å². The van der Waals surface area contributed by atoms with Crippen LogP contribution in [0.2, 0.25) is 0 Å². The van der Waals surface area contributed by atoms with Crippen LogP contribution in [0.25, 0.3) is 28.2 Å². The van der Waals surface area contributed by atoms with E-state index in [1.165, 1.54) is 0 Å². The van der Waals surface area contributed by atoms with Crippen molar-refractivity contribution in [2.45, 2.75) is 33.2 Å². The molecule has 0 radical (unpaired) electrons. The first kappa shape index (κ1) is 23.1. The zero-order valence-electron chi connectivity index (χ0n) is 19.3. The highest BCUT2D eigenvalue weighted by atomic mass is 79.9. The first-order chi connectivity index (χ1) is 16.3. The number of aromatic amines is 1. The zero-order valence-corrected chi connectivity index (χ0v) is 21.7. The first-order valence-corrected chi connectivity index (χ1v) is 13.7. The van der Waals surface area contributed by atoms with Gasteiger partial charge in [-0.05, 0) is 61.3 Å². The number of fused-ring (bicyclic) bond motifs is 1. The van der Waals surface area contributed by atoms with Crippen molar-refractivity contribution in [3.8, 4) is 17.1 Å². The third kappa shape index (κ3) is 4.03. The molecule has 0 saturated carbocycles. The van der Waals surface area contributed by atoms with Crippen molar-refractivity contribution in [1.82, 2.24) is 23.8 Å². The molecule has 1 aliphatic heterocycles. The molecule has 0 aliphatic carbocycles. The predicted octanol–water partition coefficient (Wildman–Crippen LogP) is 4.63. The van der Waals surface area contributed by atoms with E-state index in [-0.39, 0.29) is 11.8 Å². The Hall–Kier alpha value is -2.69. The Labute approximate surface area is 207 Å². The summed E-state index contributed by atoms with van der Waals surface area (Å²) in [6.07, 6.45) is 2.48. The molecule has 3 aromatic heterocycles. The molecular formula is C24H27BrN6O2S. The maximum Gasteiger partial charge on any atom is 0.213 e. The largest absolute Gasteiger partial charge is 0.378 e. The van der Waals surface area contributed by atoms with Crippen LogP contribution in [0.5, 0.6) is 0 Å². The SMILES string of the molecule is CCS(=O)(=O)N1CC[C@H](Nc2c(Br)cnc3nc(-c4cc(C)n(-c5ccccc5)c4C)[nH]c23)C1. The van der Waals surface area contributed by atoms with Crippen LogP contribution in [0.4, 0.5) is 5.69 Å². The van der Waals surface area contributed by atoms with Crippen LogP contribution in [-0.4, -0.2) is 57.1 Å². The van der Waals surface area contributed by atoms with Gasteiger partial charge in [0, 0.05) is 48.0 Å². The smallest absolute Gasteiger partial charge is 0.213 e. The Morgan fingerprint density at radius 1 is 1.24 bits per heavy atom. The van der Waals surface area contributed by atoms with Crippen LogP contribution >= 0.6 is 15.9 Å². The molecule has 4 aromatic rings. The first-order valence-electron chi connectivity index (χ1n) is 11.3. The van der Waals surface area contributed by atoms with Gasteiger partial charge in [-0.15, -0.1) is 0 Å². The number of sulfonamides is 1. The lowest BCUT2D eigenvalue weighted by Crippen LogP contribution is -2.32. The molecule has 10 heteroatoms. The van der Waals surface area contributed by atoms with Gasteiger partial charge in [0.25, 0.3) is 0 Å². The van der Waals surface area contributed by atoms with Crippen LogP contribution in [0.3, 0.4) is 0 Å². The van der Waals surface area contributed by atoms with E-state index in [2.05, 4.69) is 67.8 Å². The lowest BCUT2D eigenvalue weighted by molar-refractivity contribution is 0.476. The molecule has 1 aromatic carbocycles. The lowest BCUT2D eigenvalue weighted by Gasteiger charge is -2.17. The number of para-hydroxylation sites is 1. The standard InChI is InChI=1S/C24H27BrN6O2S/c1-4-34(32,33)30-11-10-17(14-30)27-21-20(25)13-26-24-22(21)28-23(29-24)19-12-15(2)31(16(19)3)18-8-6-5-7-9-18/h5-9,12-13,17H,4,10-11,14H2,1-3H3,(H2,26,27,28,29)/t17-/m0/s1. The van der Waals surface area contributed by atoms with Crippen molar-refractivity contribution < 1.29 is 8.42 Å². The highest BCUT2D eigenvalue weighted by Gasteiger charge is 2.31. The molecule has 4 heterocycles. The summed E-state index contributed by atoms with van der Waals surface area (Å²) >= 11 is 3.61. The minimum absolute atomic E-state index is 0.0121. The van der Waals surface area contributed by atoms with Crippen molar-refractivity contribution in [2.24, 2.45) is 0 Å². The minimum atomic E-state index is -3.19. The molecule has 0 spiro atoms. The maximum atomic E-state index is 12.3. The van der Waals surface area contributed by atoms with E-state index in [0.29, 0.717) is 18.7 Å². The monoisotopic (exact) mass is 542 g/mol. The van der Waals surface area contributed by atoms with E-state index < -0.39 is 10.0 Å². The fourth-order valence-electron chi connectivity index (χ4n) is 4.66. The second kappa shape index (κ2) is 8.83. The average molecular weight is 543 g/mol. The Bertz CT molecular complexity index is 1460. The third-order valence-electron chi connectivity index (χ3n) is 6.43. The topological polar surface area (TPSA) is 95.9 Å². The number of nitrogens with one attached hydrogen (secondary N) is 2. The van der Waals surface area contributed by atoms with E-state index in [9.17, 15) is 8.42 Å². The molecule has 0 unspecified atom stereocenters. The summed E-state index contributed by atoms with van der Waals surface area (Å²) in [5.41, 5.74) is 6.59. The quantitative estimate of drug-likeness (QED) is 0.370. The molecule has 34 heavy (non-hydrogen) atoms. The third-order valence-corrected chi connectivity index (χ3v) is 8.88. The van der Waals surface area contributed by atoms with Crippen LogP contribution in [-0.2, 0) is 10.0 Å². The molecule has 2 N–H and O–H groups in total. The Balaban J connectivity index is 1.50. The van der Waals surface area contributed by atoms with Gasteiger partial charge in [0.05, 0.1) is 15.9 Å². The van der Waals surface area contributed by atoms with Crippen molar-refractivity contribution in [2.75, 3.05) is 24.2 Å². The number of rotatable bonds is 6. The number of anilines is 1. The maximum absolute atomic E-state index is 12.3. The van der Waals surface area contributed by atoms with Gasteiger partial charge in [-0.3, -0.25) is 0 Å². The summed E-state index contributed by atoms with van der Waals surface area (Å²) in [5.74, 6) is 0.870. The van der Waals surface area contributed by atoms with E-state index in [0.717, 1.165) is 50.6 Å². The summed E-state index contributed by atoms with van der Waals surface area (Å²) in [5, 5.41) is 3.53. The lowest BCUT2D eigenvalue weighted by atomic mass is 10.2. The van der Waals surface area contributed by atoms with Gasteiger partial charge < -0.3 is 14.9 Å². The van der Waals surface area contributed by atoms with Gasteiger partial charge in [0.1, 0.15) is 11.3 Å². The number of hydrogen-bond donors (Lipinski definition) is 2. The number of H-pyrrole nitrogens is 1. The number of benzene rings is 1. The number of aromatic nitrogens is 4. The molecule has 1 saturated heterocycles. The van der Waals surface area contributed by atoms with Crippen molar-refractivity contribution in [3.63, 3.8) is 0 Å². The summed E-state index contributed by atoms with van der Waals surface area (Å²) in [6, 6.07) is 12.4. The van der Waals surface area contributed by atoms with Crippen LogP contribution in [0.1, 0.15) is 24.7 Å². The normalized spacial score (nSPS) is 17.0. The number of pyridine rings is 1. The van der Waals surface area contributed by atoms with Gasteiger partial charge in [0.2, 0.25) is 10.0 Å². The average Bonchev–Trinajstić information content (AvgIpc) is 3.54. The van der Waals surface area contributed by atoms with Crippen molar-refractivity contribution in [3.05, 3.63) is 58.5 Å². The molecule has 8 nitrogen and oxygen atoms in total. The molecule has 0 bridgehead atoms. The van der Waals surface area contributed by atoms with Gasteiger partial charge in [-0.1, -0.05) is 18.2 Å². The van der Waals surface area contributed by atoms with Crippen LogP contribution < -0.4 is 5.32 Å². The summed E-state index contributed by atoms with van der Waals surface area (Å²) in [7, 11) is -3.19. The molecule has 5 rings (SSSR count). The highest BCUT2D eigenvalue weighted by Crippen LogP contribution is 2.34. The molecule has 1 aliphatic rings. The van der Waals surface area contributed by atoms with E-state index in [4.69, 9.17) is 4.98 Å². The number of hydrogen-bond acceptors (Lipinski definition) is 5. The second-order valence-corrected chi connectivity index (χ2v) is 11.7. The molecule has 1 atom stereocenters. The number of imidazole rings is 1. The van der Waals surface area contributed by atoms with Gasteiger partial charge in [-0.25, -0.2) is 18.4 Å². The molecule has 178 valence electrons. The van der Waals surface area contributed by atoms with Crippen molar-refractivity contribution >= 4 is 42.8 Å². The number of halogens is 1. The van der Waals surface area contributed by atoms with Crippen LogP contribution in [0.15, 0.2) is 47.1 Å². The molecular weight excluding hydrogens is 516 g/mol. The predicted molar refractivity (Wildman–Crippen MR) is 139 cm³/mol. The Morgan fingerprint density at radius 3 is 2.74 bits per heavy atom. The van der Waals surface area contributed by atoms with Crippen molar-refractivity contribution in [1.29, 1.82) is 0 Å². The fourth-order valence-corrected chi connectivity index (χ4v) is 6.24. The van der Waals surface area contributed by atoms with E-state index in [1.807, 2.05) is 18.2 Å².